The van der Waals surface area contributed by atoms with E-state index in [0.29, 0.717) is 55.4 Å². The van der Waals surface area contributed by atoms with Crippen molar-refractivity contribution >= 4 is 23.4 Å². The topological polar surface area (TPSA) is 52.7 Å². The molecule has 1 saturated heterocycles. The summed E-state index contributed by atoms with van der Waals surface area (Å²) in [5, 5.41) is 3.16. The molecule has 148 valence electrons. The van der Waals surface area contributed by atoms with Gasteiger partial charge in [0.25, 0.3) is 5.91 Å². The highest BCUT2D eigenvalue weighted by molar-refractivity contribution is 6.31. The third-order valence-corrected chi connectivity index (χ3v) is 5.20. The van der Waals surface area contributed by atoms with E-state index in [1.54, 1.807) is 24.3 Å². The van der Waals surface area contributed by atoms with Crippen LogP contribution >= 0.6 is 11.6 Å². The zero-order valence-corrected chi connectivity index (χ0v) is 16.5. The molecule has 0 spiro atoms. The summed E-state index contributed by atoms with van der Waals surface area (Å²) in [4.78, 5) is 27.6. The Morgan fingerprint density at radius 3 is 2.36 bits per heavy atom. The van der Waals surface area contributed by atoms with Crippen LogP contribution in [0.25, 0.3) is 0 Å². The van der Waals surface area contributed by atoms with Crippen molar-refractivity contribution in [3.63, 3.8) is 0 Å². The number of hydrogen-bond donors (Lipinski definition) is 1. The number of hydrogen-bond acceptors (Lipinski definition) is 3. The van der Waals surface area contributed by atoms with Gasteiger partial charge in [0.2, 0.25) is 5.91 Å². The van der Waals surface area contributed by atoms with E-state index >= 15 is 0 Å². The second-order valence-electron chi connectivity index (χ2n) is 6.88. The van der Waals surface area contributed by atoms with Crippen molar-refractivity contribution < 1.29 is 14.0 Å². The van der Waals surface area contributed by atoms with E-state index in [4.69, 9.17) is 11.6 Å². The first-order valence-corrected chi connectivity index (χ1v) is 9.59. The molecule has 1 fully saturated rings. The van der Waals surface area contributed by atoms with Gasteiger partial charge in [-0.3, -0.25) is 14.5 Å². The average molecular weight is 404 g/mol. The summed E-state index contributed by atoms with van der Waals surface area (Å²) in [5.41, 5.74) is 2.06. The lowest BCUT2D eigenvalue weighted by molar-refractivity contribution is -0.119. The highest BCUT2D eigenvalue weighted by atomic mass is 35.5. The van der Waals surface area contributed by atoms with Crippen LogP contribution in [0, 0.1) is 5.82 Å². The van der Waals surface area contributed by atoms with Crippen molar-refractivity contribution in [3.8, 4) is 0 Å². The van der Waals surface area contributed by atoms with E-state index in [1.807, 2.05) is 17.0 Å². The Hall–Kier alpha value is -2.44. The van der Waals surface area contributed by atoms with Crippen LogP contribution in [0.5, 0.6) is 0 Å². The Bertz CT molecular complexity index is 829. The van der Waals surface area contributed by atoms with E-state index in [2.05, 4.69) is 10.2 Å². The predicted octanol–water partition coefficient (Wildman–Crippen LogP) is 3.07. The molecule has 0 radical (unpaired) electrons. The number of nitrogens with zero attached hydrogens (tertiary/aromatic N) is 2. The van der Waals surface area contributed by atoms with E-state index < -0.39 is 0 Å². The quantitative estimate of drug-likeness (QED) is 0.834. The molecule has 0 unspecified atom stereocenters. The fourth-order valence-corrected chi connectivity index (χ4v) is 3.41. The molecule has 7 heteroatoms. The largest absolute Gasteiger partial charge is 0.352 e. The van der Waals surface area contributed by atoms with Gasteiger partial charge in [-0.15, -0.1) is 0 Å². The van der Waals surface area contributed by atoms with Crippen LogP contribution in [0.2, 0.25) is 5.02 Å². The van der Waals surface area contributed by atoms with Gasteiger partial charge in [0.15, 0.2) is 0 Å². The van der Waals surface area contributed by atoms with E-state index in [0.717, 1.165) is 5.56 Å². The van der Waals surface area contributed by atoms with Crippen LogP contribution in [0.4, 0.5) is 4.39 Å². The van der Waals surface area contributed by atoms with Gasteiger partial charge in [0.1, 0.15) is 5.82 Å². The Kier molecular flexibility index (Phi) is 6.65. The minimum absolute atomic E-state index is 0.0188. The van der Waals surface area contributed by atoms with Gasteiger partial charge < -0.3 is 10.2 Å². The fourth-order valence-electron chi connectivity index (χ4n) is 3.19. The molecular weight excluding hydrogens is 381 g/mol. The third-order valence-electron chi connectivity index (χ3n) is 4.85. The molecular formula is C21H23ClFN3O2. The number of carbonyl (C=O) groups is 2. The van der Waals surface area contributed by atoms with Crippen LogP contribution in [0.1, 0.15) is 28.4 Å². The van der Waals surface area contributed by atoms with Gasteiger partial charge in [-0.1, -0.05) is 29.8 Å². The smallest absolute Gasteiger partial charge is 0.253 e. The first-order chi connectivity index (χ1) is 13.4. The lowest BCUT2D eigenvalue weighted by Crippen LogP contribution is -2.48. The molecule has 0 atom stereocenters. The van der Waals surface area contributed by atoms with Crippen molar-refractivity contribution in [2.24, 2.45) is 0 Å². The summed E-state index contributed by atoms with van der Waals surface area (Å²) in [6.07, 6.45) is 0. The van der Waals surface area contributed by atoms with Gasteiger partial charge in [-0.25, -0.2) is 4.39 Å². The molecule has 3 rings (SSSR count). The lowest BCUT2D eigenvalue weighted by Gasteiger charge is -2.35. The maximum absolute atomic E-state index is 14.0. The minimum Gasteiger partial charge on any atom is -0.352 e. The molecule has 2 aromatic carbocycles. The fraction of sp³-hybridized carbons (Fsp3) is 0.333. The molecule has 0 aromatic heterocycles. The van der Waals surface area contributed by atoms with Gasteiger partial charge in [-0.05, 0) is 29.8 Å². The monoisotopic (exact) mass is 403 g/mol. The minimum atomic E-state index is -0.301. The van der Waals surface area contributed by atoms with Crippen LogP contribution in [0.15, 0.2) is 42.5 Å². The molecule has 1 aliphatic rings. The molecule has 1 aliphatic heterocycles. The number of nitrogens with one attached hydrogen (secondary N) is 1. The molecule has 2 aromatic rings. The van der Waals surface area contributed by atoms with Crippen LogP contribution < -0.4 is 5.32 Å². The van der Waals surface area contributed by atoms with Crippen LogP contribution in [0.3, 0.4) is 0 Å². The summed E-state index contributed by atoms with van der Waals surface area (Å²) < 4.78 is 14.0. The maximum atomic E-state index is 14.0. The molecule has 28 heavy (non-hydrogen) atoms. The SMILES string of the molecule is CC(=O)NCc1ccc(C(=O)N2CCN(Cc3c(F)cccc3Cl)CC2)cc1. The first-order valence-electron chi connectivity index (χ1n) is 9.22. The lowest BCUT2D eigenvalue weighted by atomic mass is 10.1. The highest BCUT2D eigenvalue weighted by Gasteiger charge is 2.23. The van der Waals surface area contributed by atoms with Crippen molar-refractivity contribution in [2.45, 2.75) is 20.0 Å². The van der Waals surface area contributed by atoms with Gasteiger partial charge >= 0.3 is 0 Å². The molecule has 0 aliphatic carbocycles. The number of benzene rings is 2. The van der Waals surface area contributed by atoms with Crippen LogP contribution in [-0.4, -0.2) is 47.8 Å². The van der Waals surface area contributed by atoms with Crippen molar-refractivity contribution in [1.29, 1.82) is 0 Å². The summed E-state index contributed by atoms with van der Waals surface area (Å²) in [6, 6.07) is 12.0. The number of amides is 2. The first kappa shape index (κ1) is 20.3. The molecule has 0 bridgehead atoms. The number of rotatable bonds is 5. The second kappa shape index (κ2) is 9.17. The Morgan fingerprint density at radius 2 is 1.75 bits per heavy atom. The van der Waals surface area contributed by atoms with Crippen molar-refractivity contribution in [3.05, 3.63) is 70.0 Å². The standard InChI is InChI=1S/C21H23ClFN3O2/c1-15(27)24-13-16-5-7-17(8-6-16)21(28)26-11-9-25(10-12-26)14-18-19(22)3-2-4-20(18)23/h2-8H,9-14H2,1H3,(H,24,27). The highest BCUT2D eigenvalue weighted by Crippen LogP contribution is 2.21. The molecule has 1 heterocycles. The van der Waals surface area contributed by atoms with Crippen molar-refractivity contribution in [1.82, 2.24) is 15.1 Å². The average Bonchev–Trinajstić information content (AvgIpc) is 2.70. The summed E-state index contributed by atoms with van der Waals surface area (Å²) in [7, 11) is 0. The number of halogens is 2. The van der Waals surface area contributed by atoms with Gasteiger partial charge in [0.05, 0.1) is 0 Å². The van der Waals surface area contributed by atoms with E-state index in [-0.39, 0.29) is 17.6 Å². The zero-order valence-electron chi connectivity index (χ0n) is 15.8. The Morgan fingerprint density at radius 1 is 1.07 bits per heavy atom. The summed E-state index contributed by atoms with van der Waals surface area (Å²) >= 11 is 6.11. The number of carbonyl (C=O) groups excluding carboxylic acids is 2. The maximum Gasteiger partial charge on any atom is 0.253 e. The summed E-state index contributed by atoms with van der Waals surface area (Å²) in [5.74, 6) is -0.408. The molecule has 0 saturated carbocycles. The second-order valence-corrected chi connectivity index (χ2v) is 7.28. The van der Waals surface area contributed by atoms with Gasteiger partial charge in [0, 0.05) is 62.3 Å². The van der Waals surface area contributed by atoms with Gasteiger partial charge in [-0.2, -0.15) is 0 Å². The summed E-state index contributed by atoms with van der Waals surface area (Å²) in [6.45, 7) is 4.84. The molecule has 5 nitrogen and oxygen atoms in total. The molecule has 1 N–H and O–H groups in total. The number of piperazine rings is 1. The third kappa shape index (κ3) is 5.09. The zero-order chi connectivity index (χ0) is 20.1. The normalized spacial score (nSPS) is 14.8. The van der Waals surface area contributed by atoms with Crippen molar-refractivity contribution in [2.75, 3.05) is 26.2 Å². The van der Waals surface area contributed by atoms with Crippen LogP contribution in [-0.2, 0) is 17.9 Å². The predicted molar refractivity (Wildman–Crippen MR) is 107 cm³/mol. The Balaban J connectivity index is 1.54. The molecule has 2 amide bonds. The van der Waals surface area contributed by atoms with E-state index in [9.17, 15) is 14.0 Å². The Labute approximate surface area is 169 Å². The van der Waals surface area contributed by atoms with E-state index in [1.165, 1.54) is 13.0 Å².